The number of nitrogens with one attached hydrogen (secondary N) is 2. The van der Waals surface area contributed by atoms with Crippen molar-refractivity contribution < 1.29 is 39.1 Å². The molecule has 0 fully saturated rings. The summed E-state index contributed by atoms with van der Waals surface area (Å²) in [6.45, 7) is 1.70. The summed E-state index contributed by atoms with van der Waals surface area (Å²) in [5.74, 6) is 0.0261. The zero-order chi connectivity index (χ0) is 27.3. The average Bonchev–Trinajstić information content (AvgIpc) is 3.30. The molecule has 0 saturated heterocycles. The summed E-state index contributed by atoms with van der Waals surface area (Å²) in [5.41, 5.74) is 2.09. The van der Waals surface area contributed by atoms with Crippen molar-refractivity contribution in [2.45, 2.75) is 18.9 Å². The number of ether oxygens (including phenoxy) is 3. The summed E-state index contributed by atoms with van der Waals surface area (Å²) in [6.07, 6.45) is -1.22. The summed E-state index contributed by atoms with van der Waals surface area (Å²) in [6, 6.07) is 21.6. The van der Waals surface area contributed by atoms with Gasteiger partial charge >= 0.3 is 11.9 Å². The normalized spacial score (nSPS) is 11.4. The molecule has 4 rings (SSSR count). The second-order valence-corrected chi connectivity index (χ2v) is 8.31. The van der Waals surface area contributed by atoms with Gasteiger partial charge in [0.1, 0.15) is 25.1 Å². The molecule has 1 unspecified atom stereocenters. The molecule has 38 heavy (non-hydrogen) atoms. The van der Waals surface area contributed by atoms with Crippen molar-refractivity contribution in [3.8, 4) is 17.2 Å². The zero-order valence-electron chi connectivity index (χ0n) is 21.1. The van der Waals surface area contributed by atoms with Gasteiger partial charge in [0.25, 0.3) is 0 Å². The minimum Gasteiger partial charge on any atom is -0.493 e. The number of aliphatic carboxylic acids is 2. The minimum atomic E-state index is -1.08. The van der Waals surface area contributed by atoms with Crippen LogP contribution in [0.5, 0.6) is 17.2 Å². The van der Waals surface area contributed by atoms with Crippen LogP contribution in [0.4, 0.5) is 0 Å². The predicted molar refractivity (Wildman–Crippen MR) is 143 cm³/mol. The van der Waals surface area contributed by atoms with Crippen molar-refractivity contribution in [3.05, 3.63) is 66.7 Å². The van der Waals surface area contributed by atoms with Gasteiger partial charge in [0.2, 0.25) is 0 Å². The Labute approximate surface area is 219 Å². The molecule has 10 nitrogen and oxygen atoms in total. The van der Waals surface area contributed by atoms with Crippen LogP contribution in [0.3, 0.4) is 0 Å². The molecule has 1 heterocycles. The number of hydrogen-bond acceptors (Lipinski definition) is 7. The molecule has 4 aromatic rings. The molecule has 0 aliphatic carbocycles. The van der Waals surface area contributed by atoms with E-state index < -0.39 is 18.0 Å². The largest absolute Gasteiger partial charge is 0.493 e. The second kappa shape index (κ2) is 14.5. The molecule has 0 spiro atoms. The Bertz CT molecular complexity index is 1320. The Morgan fingerprint density at radius 3 is 2.18 bits per heavy atom. The van der Waals surface area contributed by atoms with E-state index in [1.807, 2.05) is 60.7 Å². The van der Waals surface area contributed by atoms with E-state index in [4.69, 9.17) is 24.4 Å². The summed E-state index contributed by atoms with van der Waals surface area (Å²) >= 11 is 0. The maximum Gasteiger partial charge on any atom is 0.303 e. The van der Waals surface area contributed by atoms with E-state index in [1.54, 1.807) is 7.11 Å². The van der Waals surface area contributed by atoms with Gasteiger partial charge in [0.15, 0.2) is 11.5 Å². The molecule has 0 aliphatic heterocycles. The van der Waals surface area contributed by atoms with E-state index in [2.05, 4.69) is 16.4 Å². The number of para-hydroxylation sites is 3. The number of carboxylic acid groups (broad SMARTS) is 2. The number of aliphatic hydroxyl groups is 1. The molecular weight excluding hydrogens is 492 g/mol. The zero-order valence-corrected chi connectivity index (χ0v) is 21.1. The Balaban J connectivity index is 0.000000436. The molecule has 0 radical (unpaired) electrons. The number of hydrogen-bond donors (Lipinski definition) is 5. The Morgan fingerprint density at radius 2 is 1.47 bits per heavy atom. The quantitative estimate of drug-likeness (QED) is 0.165. The number of aromatic nitrogens is 1. The van der Waals surface area contributed by atoms with E-state index in [-0.39, 0.29) is 19.4 Å². The van der Waals surface area contributed by atoms with Crippen LogP contribution < -0.4 is 19.5 Å². The molecule has 5 N–H and O–H groups in total. The van der Waals surface area contributed by atoms with Gasteiger partial charge in [0.05, 0.1) is 25.5 Å². The van der Waals surface area contributed by atoms with Crippen LogP contribution >= 0.6 is 0 Å². The van der Waals surface area contributed by atoms with Gasteiger partial charge in [-0.1, -0.05) is 36.4 Å². The molecule has 0 bridgehead atoms. The minimum absolute atomic E-state index is 0.207. The van der Waals surface area contributed by atoms with Crippen LogP contribution in [0, 0.1) is 0 Å². The monoisotopic (exact) mass is 524 g/mol. The highest BCUT2D eigenvalue weighted by Crippen LogP contribution is 2.33. The van der Waals surface area contributed by atoms with Gasteiger partial charge in [-0.15, -0.1) is 0 Å². The number of H-pyrrole nitrogens is 1. The number of methoxy groups -OCH3 is 1. The van der Waals surface area contributed by atoms with Crippen molar-refractivity contribution in [2.24, 2.45) is 0 Å². The van der Waals surface area contributed by atoms with E-state index in [0.29, 0.717) is 31.2 Å². The van der Waals surface area contributed by atoms with Gasteiger partial charge in [-0.3, -0.25) is 9.59 Å². The summed E-state index contributed by atoms with van der Waals surface area (Å²) in [7, 11) is 1.62. The molecule has 1 atom stereocenters. The van der Waals surface area contributed by atoms with Gasteiger partial charge < -0.3 is 39.8 Å². The first-order valence-electron chi connectivity index (χ1n) is 12.1. The fourth-order valence-corrected chi connectivity index (χ4v) is 3.69. The third-order valence-corrected chi connectivity index (χ3v) is 5.46. The fraction of sp³-hybridized carbons (Fsp3) is 0.286. The van der Waals surface area contributed by atoms with E-state index in [1.165, 1.54) is 0 Å². The van der Waals surface area contributed by atoms with Crippen LogP contribution in [-0.4, -0.2) is 71.8 Å². The first-order valence-corrected chi connectivity index (χ1v) is 12.1. The van der Waals surface area contributed by atoms with Crippen LogP contribution in [0.1, 0.15) is 12.8 Å². The van der Waals surface area contributed by atoms with Crippen LogP contribution in [0.2, 0.25) is 0 Å². The number of aromatic amines is 1. The molecule has 1 aromatic heterocycles. The predicted octanol–water partition coefficient (Wildman–Crippen LogP) is 3.67. The first-order chi connectivity index (χ1) is 18.4. The maximum atomic E-state index is 10.3. The number of fused-ring (bicyclic) bond motifs is 3. The van der Waals surface area contributed by atoms with Crippen LogP contribution in [0.25, 0.3) is 21.8 Å². The number of benzene rings is 3. The van der Waals surface area contributed by atoms with Gasteiger partial charge in [0, 0.05) is 29.4 Å². The Morgan fingerprint density at radius 1 is 0.842 bits per heavy atom. The lowest BCUT2D eigenvalue weighted by molar-refractivity contribution is -0.143. The van der Waals surface area contributed by atoms with Gasteiger partial charge in [-0.2, -0.15) is 0 Å². The molecular formula is C28H32N2O8. The van der Waals surface area contributed by atoms with Crippen molar-refractivity contribution >= 4 is 33.7 Å². The Hall–Kier alpha value is -4.28. The third-order valence-electron chi connectivity index (χ3n) is 5.46. The van der Waals surface area contributed by atoms with E-state index in [0.717, 1.165) is 27.6 Å². The van der Waals surface area contributed by atoms with Gasteiger partial charge in [-0.25, -0.2) is 0 Å². The van der Waals surface area contributed by atoms with Crippen molar-refractivity contribution in [1.82, 2.24) is 10.3 Å². The summed E-state index contributed by atoms with van der Waals surface area (Å²) < 4.78 is 16.9. The average molecular weight is 525 g/mol. The number of carboxylic acids is 2. The lowest BCUT2D eigenvalue weighted by atomic mass is 10.1. The lowest BCUT2D eigenvalue weighted by Crippen LogP contribution is -2.33. The fourth-order valence-electron chi connectivity index (χ4n) is 3.69. The highest BCUT2D eigenvalue weighted by molar-refractivity contribution is 6.10. The van der Waals surface area contributed by atoms with E-state index >= 15 is 0 Å². The number of carbonyl (C=O) groups is 2. The molecule has 0 amide bonds. The van der Waals surface area contributed by atoms with Gasteiger partial charge in [-0.05, 0) is 30.3 Å². The second-order valence-electron chi connectivity index (χ2n) is 8.31. The molecule has 0 saturated carbocycles. The van der Waals surface area contributed by atoms with Crippen molar-refractivity contribution in [1.29, 1.82) is 0 Å². The molecule has 202 valence electrons. The molecule has 0 aliphatic rings. The third kappa shape index (κ3) is 8.39. The lowest BCUT2D eigenvalue weighted by Gasteiger charge is -2.15. The van der Waals surface area contributed by atoms with Crippen LogP contribution in [0.15, 0.2) is 66.7 Å². The van der Waals surface area contributed by atoms with E-state index in [9.17, 15) is 14.7 Å². The maximum absolute atomic E-state index is 10.3. The summed E-state index contributed by atoms with van der Waals surface area (Å²) in [4.78, 5) is 22.7. The number of aliphatic hydroxyl groups excluding tert-OH is 1. The van der Waals surface area contributed by atoms with Crippen molar-refractivity contribution in [2.75, 3.05) is 33.4 Å². The highest BCUT2D eigenvalue weighted by atomic mass is 16.5. The van der Waals surface area contributed by atoms with Crippen LogP contribution in [-0.2, 0) is 9.59 Å². The highest BCUT2D eigenvalue weighted by Gasteiger charge is 2.11. The first kappa shape index (κ1) is 28.3. The number of rotatable bonds is 13. The summed E-state index contributed by atoms with van der Waals surface area (Å²) in [5, 5.41) is 31.4. The van der Waals surface area contributed by atoms with Crippen molar-refractivity contribution in [3.63, 3.8) is 0 Å². The Kier molecular flexibility index (Phi) is 10.8. The standard InChI is InChI=1S/C24H26N2O4.C4H6O4/c1-28-21-10-4-5-11-22(21)29-14-13-25-15-17(27)16-30-23-12-6-9-20-24(23)18-7-2-3-8-19(18)26-20;5-3(6)1-2-4(7)8/h2-12,17,25-27H,13-16H2,1H3;1-2H2,(H,5,6)(H,7,8). The smallest absolute Gasteiger partial charge is 0.303 e. The SMILES string of the molecule is COc1ccccc1OCCNCC(O)COc1cccc2[nH]c3ccccc3c12.O=C(O)CCC(=O)O. The molecule has 3 aromatic carbocycles. The topological polar surface area (TPSA) is 150 Å². The molecule has 10 heteroatoms.